The van der Waals surface area contributed by atoms with Gasteiger partial charge in [-0.25, -0.2) is 4.98 Å². The Hall–Kier alpha value is -3.14. The molecule has 0 aliphatic rings. The molecule has 2 heterocycles. The molecule has 4 heteroatoms. The van der Waals surface area contributed by atoms with E-state index in [1.807, 2.05) is 48.5 Å². The van der Waals surface area contributed by atoms with Gasteiger partial charge in [0.05, 0.1) is 11.2 Å². The van der Waals surface area contributed by atoms with Crippen molar-refractivity contribution in [2.75, 3.05) is 5.32 Å². The van der Waals surface area contributed by atoms with E-state index in [1.54, 1.807) is 6.20 Å². The third kappa shape index (κ3) is 2.31. The smallest absolute Gasteiger partial charge is 0.130 e. The highest BCUT2D eigenvalue weighted by Crippen LogP contribution is 2.28. The van der Waals surface area contributed by atoms with Crippen LogP contribution in [0.4, 0.5) is 11.5 Å². The fourth-order valence-corrected chi connectivity index (χ4v) is 2.50. The van der Waals surface area contributed by atoms with E-state index in [1.165, 1.54) is 0 Å². The first kappa shape index (κ1) is 12.6. The second-order valence-electron chi connectivity index (χ2n) is 5.04. The zero-order valence-corrected chi connectivity index (χ0v) is 11.8. The Kier molecular flexibility index (Phi) is 3.05. The van der Waals surface area contributed by atoms with E-state index >= 15 is 0 Å². The summed E-state index contributed by atoms with van der Waals surface area (Å²) in [7, 11) is 0. The second kappa shape index (κ2) is 5.33. The lowest BCUT2D eigenvalue weighted by molar-refractivity contribution is 1.12. The van der Waals surface area contributed by atoms with Crippen LogP contribution in [0.15, 0.2) is 72.9 Å². The maximum absolute atomic E-state index is 4.45. The molecule has 0 aliphatic heterocycles. The maximum atomic E-state index is 4.45. The van der Waals surface area contributed by atoms with Crippen LogP contribution < -0.4 is 5.32 Å². The van der Waals surface area contributed by atoms with E-state index in [0.717, 1.165) is 33.7 Å². The van der Waals surface area contributed by atoms with Crippen molar-refractivity contribution in [1.29, 1.82) is 0 Å². The van der Waals surface area contributed by atoms with Crippen LogP contribution in [0.3, 0.4) is 0 Å². The lowest BCUT2D eigenvalue weighted by Gasteiger charge is -2.05. The molecular weight excluding hydrogens is 272 g/mol. The molecule has 2 aromatic carbocycles. The van der Waals surface area contributed by atoms with Gasteiger partial charge in [-0.2, -0.15) is 5.10 Å². The minimum Gasteiger partial charge on any atom is -0.340 e. The molecule has 4 rings (SSSR count). The highest BCUT2D eigenvalue weighted by molar-refractivity contribution is 5.94. The third-order valence-corrected chi connectivity index (χ3v) is 3.55. The molecule has 0 saturated carbocycles. The minimum atomic E-state index is 0.824. The Balaban J connectivity index is 1.71. The van der Waals surface area contributed by atoms with Crippen LogP contribution >= 0.6 is 0 Å². The minimum absolute atomic E-state index is 0.824. The van der Waals surface area contributed by atoms with Gasteiger partial charge < -0.3 is 5.32 Å². The quantitative estimate of drug-likeness (QED) is 0.588. The molecule has 0 bridgehead atoms. The van der Waals surface area contributed by atoms with Gasteiger partial charge in [0, 0.05) is 22.8 Å². The summed E-state index contributed by atoms with van der Waals surface area (Å²) in [6.45, 7) is 0. The van der Waals surface area contributed by atoms with E-state index < -0.39 is 0 Å². The Morgan fingerprint density at radius 2 is 1.73 bits per heavy atom. The van der Waals surface area contributed by atoms with Crippen molar-refractivity contribution in [2.45, 2.75) is 0 Å². The predicted molar refractivity (Wildman–Crippen MR) is 89.0 cm³/mol. The molecule has 0 aliphatic carbocycles. The van der Waals surface area contributed by atoms with Crippen LogP contribution in [0, 0.1) is 0 Å². The fraction of sp³-hybridized carbons (Fsp3) is 0. The lowest BCUT2D eigenvalue weighted by Crippen LogP contribution is -1.92. The highest BCUT2D eigenvalue weighted by atomic mass is 15.1. The Labute approximate surface area is 127 Å². The van der Waals surface area contributed by atoms with E-state index in [4.69, 9.17) is 0 Å². The normalized spacial score (nSPS) is 10.7. The first-order valence-corrected chi connectivity index (χ1v) is 7.12. The first-order valence-electron chi connectivity index (χ1n) is 7.12. The average molecular weight is 286 g/mol. The Morgan fingerprint density at radius 3 is 2.55 bits per heavy atom. The van der Waals surface area contributed by atoms with Crippen molar-refractivity contribution in [2.24, 2.45) is 0 Å². The molecule has 0 radical (unpaired) electrons. The summed E-state index contributed by atoms with van der Waals surface area (Å²) in [6, 6.07) is 22.1. The number of nitrogens with zero attached hydrogens (tertiary/aromatic N) is 2. The standard InChI is InChI=1S/C18H14N4/c1-2-6-13(7-3-1)18-15-10-9-14(12-16(15)21-22-18)20-17-8-4-5-11-19-17/h1-12H,(H,19,20)(H,21,22). The Morgan fingerprint density at radius 1 is 0.864 bits per heavy atom. The van der Waals surface area contributed by atoms with Gasteiger partial charge in [0.2, 0.25) is 0 Å². The van der Waals surface area contributed by atoms with Gasteiger partial charge in [-0.1, -0.05) is 36.4 Å². The number of nitrogens with one attached hydrogen (secondary N) is 2. The third-order valence-electron chi connectivity index (χ3n) is 3.55. The SMILES string of the molecule is c1ccc(-c2n[nH]c3cc(Nc4ccccn4)ccc23)cc1. The van der Waals surface area contributed by atoms with Gasteiger partial charge in [-0.15, -0.1) is 0 Å². The number of aromatic nitrogens is 3. The highest BCUT2D eigenvalue weighted by Gasteiger charge is 2.08. The maximum Gasteiger partial charge on any atom is 0.130 e. The molecule has 0 spiro atoms. The van der Waals surface area contributed by atoms with E-state index in [2.05, 4.69) is 38.7 Å². The number of hydrogen-bond acceptors (Lipinski definition) is 3. The number of pyridine rings is 1. The van der Waals surface area contributed by atoms with Crippen LogP contribution in [0.5, 0.6) is 0 Å². The molecule has 2 aromatic heterocycles. The van der Waals surface area contributed by atoms with Crippen LogP contribution in [0.1, 0.15) is 0 Å². The van der Waals surface area contributed by atoms with Crippen molar-refractivity contribution in [3.63, 3.8) is 0 Å². The van der Waals surface area contributed by atoms with Crippen LogP contribution in [-0.2, 0) is 0 Å². The summed E-state index contributed by atoms with van der Waals surface area (Å²) in [6.07, 6.45) is 1.77. The molecule has 0 unspecified atom stereocenters. The van der Waals surface area contributed by atoms with Crippen LogP contribution in [-0.4, -0.2) is 15.2 Å². The summed E-state index contributed by atoms with van der Waals surface area (Å²) in [5.74, 6) is 0.824. The predicted octanol–water partition coefficient (Wildman–Crippen LogP) is 4.37. The first-order chi connectivity index (χ1) is 10.9. The molecule has 106 valence electrons. The molecule has 0 saturated heterocycles. The zero-order valence-electron chi connectivity index (χ0n) is 11.8. The largest absolute Gasteiger partial charge is 0.340 e. The van der Waals surface area contributed by atoms with Crippen LogP contribution in [0.25, 0.3) is 22.2 Å². The van der Waals surface area contributed by atoms with Crippen molar-refractivity contribution < 1.29 is 0 Å². The zero-order chi connectivity index (χ0) is 14.8. The molecular formula is C18H14N4. The van der Waals surface area contributed by atoms with Gasteiger partial charge in [0.25, 0.3) is 0 Å². The fourth-order valence-electron chi connectivity index (χ4n) is 2.50. The molecule has 4 aromatic rings. The molecule has 4 nitrogen and oxygen atoms in total. The second-order valence-corrected chi connectivity index (χ2v) is 5.04. The number of aromatic amines is 1. The van der Waals surface area contributed by atoms with Crippen molar-refractivity contribution in [3.8, 4) is 11.3 Å². The van der Waals surface area contributed by atoms with Crippen molar-refractivity contribution >= 4 is 22.4 Å². The molecule has 0 fully saturated rings. The molecule has 22 heavy (non-hydrogen) atoms. The van der Waals surface area contributed by atoms with E-state index in [9.17, 15) is 0 Å². The molecule has 0 atom stereocenters. The number of H-pyrrole nitrogens is 1. The number of anilines is 2. The Bertz CT molecular complexity index is 898. The van der Waals surface area contributed by atoms with E-state index in [0.29, 0.717) is 0 Å². The van der Waals surface area contributed by atoms with Crippen LogP contribution in [0.2, 0.25) is 0 Å². The topological polar surface area (TPSA) is 53.6 Å². The number of rotatable bonds is 3. The summed E-state index contributed by atoms with van der Waals surface area (Å²) < 4.78 is 0. The van der Waals surface area contributed by atoms with E-state index in [-0.39, 0.29) is 0 Å². The molecule has 0 amide bonds. The van der Waals surface area contributed by atoms with Crippen molar-refractivity contribution in [1.82, 2.24) is 15.2 Å². The lowest BCUT2D eigenvalue weighted by atomic mass is 10.1. The van der Waals surface area contributed by atoms with Gasteiger partial charge >= 0.3 is 0 Å². The van der Waals surface area contributed by atoms with Gasteiger partial charge in [0.1, 0.15) is 5.82 Å². The number of fused-ring (bicyclic) bond motifs is 1. The summed E-state index contributed by atoms with van der Waals surface area (Å²) in [4.78, 5) is 4.27. The van der Waals surface area contributed by atoms with Gasteiger partial charge in [-0.3, -0.25) is 5.10 Å². The average Bonchev–Trinajstić information content (AvgIpc) is 3.00. The summed E-state index contributed by atoms with van der Waals surface area (Å²) in [5.41, 5.74) is 4.06. The van der Waals surface area contributed by atoms with Gasteiger partial charge in [-0.05, 0) is 30.3 Å². The number of hydrogen-bond donors (Lipinski definition) is 2. The number of benzene rings is 2. The summed E-state index contributed by atoms with van der Waals surface area (Å²) >= 11 is 0. The van der Waals surface area contributed by atoms with Gasteiger partial charge in [0.15, 0.2) is 0 Å². The monoisotopic (exact) mass is 286 g/mol. The van der Waals surface area contributed by atoms with Crippen molar-refractivity contribution in [3.05, 3.63) is 72.9 Å². The summed E-state index contributed by atoms with van der Waals surface area (Å²) in [5, 5.41) is 11.9. The molecule has 2 N–H and O–H groups in total.